The van der Waals surface area contributed by atoms with Gasteiger partial charge in [0.25, 0.3) is 0 Å². The standard InChI is InChI=1S/C23H21BrClFN2O3S/c1-16(18-4-6-19(24)7-5-18)27-23(29)15-28(14-17-2-10-21(26)11-3-17)32(30,31)22-12-8-20(25)9-13-22/h2-13,16H,14-15H2,1H3,(H,27,29)/t16-/m0/s1. The Morgan fingerprint density at radius 2 is 1.62 bits per heavy atom. The van der Waals surface area contributed by atoms with E-state index in [0.29, 0.717) is 10.6 Å². The van der Waals surface area contributed by atoms with E-state index in [9.17, 15) is 17.6 Å². The Hall–Kier alpha value is -2.26. The molecule has 9 heteroatoms. The summed E-state index contributed by atoms with van der Waals surface area (Å²) in [6, 6.07) is 18.3. The number of nitrogens with one attached hydrogen (secondary N) is 1. The van der Waals surface area contributed by atoms with Gasteiger partial charge >= 0.3 is 0 Å². The van der Waals surface area contributed by atoms with E-state index < -0.39 is 28.3 Å². The second-order valence-electron chi connectivity index (χ2n) is 7.19. The Morgan fingerprint density at radius 1 is 1.03 bits per heavy atom. The lowest BCUT2D eigenvalue weighted by Crippen LogP contribution is -2.41. The van der Waals surface area contributed by atoms with Crippen molar-refractivity contribution in [3.05, 3.63) is 99.2 Å². The van der Waals surface area contributed by atoms with Crippen molar-refractivity contribution in [1.29, 1.82) is 0 Å². The fourth-order valence-corrected chi connectivity index (χ4v) is 4.83. The Bertz CT molecular complexity index is 1170. The molecule has 1 amide bonds. The molecule has 0 heterocycles. The van der Waals surface area contributed by atoms with Crippen molar-refractivity contribution in [3.8, 4) is 0 Å². The zero-order chi connectivity index (χ0) is 23.3. The molecule has 5 nitrogen and oxygen atoms in total. The van der Waals surface area contributed by atoms with Crippen LogP contribution in [0.1, 0.15) is 24.1 Å². The summed E-state index contributed by atoms with van der Waals surface area (Å²) in [7, 11) is -4.01. The van der Waals surface area contributed by atoms with Crippen LogP contribution in [0.3, 0.4) is 0 Å². The molecular weight excluding hydrogens is 519 g/mol. The maximum Gasteiger partial charge on any atom is 0.243 e. The topological polar surface area (TPSA) is 66.5 Å². The maximum atomic E-state index is 13.3. The number of benzene rings is 3. The molecular formula is C23H21BrClFN2O3S. The summed E-state index contributed by atoms with van der Waals surface area (Å²) >= 11 is 9.25. The van der Waals surface area contributed by atoms with Crippen molar-refractivity contribution >= 4 is 43.5 Å². The van der Waals surface area contributed by atoms with E-state index in [1.54, 1.807) is 0 Å². The maximum absolute atomic E-state index is 13.3. The normalized spacial score (nSPS) is 12.5. The lowest BCUT2D eigenvalue weighted by molar-refractivity contribution is -0.122. The number of amides is 1. The number of hydrogen-bond acceptors (Lipinski definition) is 3. The molecule has 0 aliphatic rings. The third kappa shape index (κ3) is 6.38. The smallest absolute Gasteiger partial charge is 0.243 e. The van der Waals surface area contributed by atoms with Crippen molar-refractivity contribution in [2.75, 3.05) is 6.54 Å². The molecule has 0 bridgehead atoms. The van der Waals surface area contributed by atoms with Gasteiger partial charge in [-0.05, 0) is 66.6 Å². The lowest BCUT2D eigenvalue weighted by atomic mass is 10.1. The highest BCUT2D eigenvalue weighted by atomic mass is 79.9. The third-order valence-corrected chi connectivity index (χ3v) is 7.38. The van der Waals surface area contributed by atoms with E-state index in [1.807, 2.05) is 31.2 Å². The lowest BCUT2D eigenvalue weighted by Gasteiger charge is -2.23. The zero-order valence-electron chi connectivity index (χ0n) is 17.1. The number of halogens is 3. The van der Waals surface area contributed by atoms with Gasteiger partial charge in [0.2, 0.25) is 15.9 Å². The molecule has 1 N–H and O–H groups in total. The van der Waals surface area contributed by atoms with E-state index >= 15 is 0 Å². The summed E-state index contributed by atoms with van der Waals surface area (Å²) in [6.45, 7) is 1.33. The molecule has 0 aliphatic carbocycles. The fourth-order valence-electron chi connectivity index (χ4n) is 3.06. The van der Waals surface area contributed by atoms with Crippen LogP contribution in [0.2, 0.25) is 5.02 Å². The molecule has 0 aromatic heterocycles. The summed E-state index contributed by atoms with van der Waals surface area (Å²) in [4.78, 5) is 12.8. The molecule has 3 aromatic carbocycles. The van der Waals surface area contributed by atoms with Crippen molar-refractivity contribution in [2.45, 2.75) is 24.4 Å². The van der Waals surface area contributed by atoms with Gasteiger partial charge in [0, 0.05) is 16.0 Å². The number of rotatable bonds is 8. The van der Waals surface area contributed by atoms with Crippen molar-refractivity contribution in [2.24, 2.45) is 0 Å². The quantitative estimate of drug-likeness (QED) is 0.422. The van der Waals surface area contributed by atoms with Gasteiger partial charge in [0.1, 0.15) is 5.82 Å². The van der Waals surface area contributed by atoms with Gasteiger partial charge < -0.3 is 5.32 Å². The second kappa shape index (κ2) is 10.6. The van der Waals surface area contributed by atoms with E-state index in [0.717, 1.165) is 14.3 Å². The molecule has 1 atom stereocenters. The van der Waals surface area contributed by atoms with Crippen LogP contribution >= 0.6 is 27.5 Å². The molecule has 0 saturated carbocycles. The van der Waals surface area contributed by atoms with Crippen molar-refractivity contribution in [1.82, 2.24) is 9.62 Å². The Balaban J connectivity index is 1.82. The summed E-state index contributed by atoms with van der Waals surface area (Å²) in [5, 5.41) is 3.23. The van der Waals surface area contributed by atoms with Crippen LogP contribution in [-0.4, -0.2) is 25.2 Å². The Kier molecular flexibility index (Phi) is 8.05. The predicted octanol–water partition coefficient (Wildman–Crippen LogP) is 5.31. The van der Waals surface area contributed by atoms with Gasteiger partial charge in [-0.3, -0.25) is 4.79 Å². The van der Waals surface area contributed by atoms with Crippen LogP contribution in [0.25, 0.3) is 0 Å². The molecule has 0 radical (unpaired) electrons. The van der Waals surface area contributed by atoms with Gasteiger partial charge in [-0.1, -0.05) is 51.8 Å². The third-order valence-electron chi connectivity index (χ3n) is 4.79. The highest BCUT2D eigenvalue weighted by molar-refractivity contribution is 9.10. The first kappa shape index (κ1) is 24.4. The SMILES string of the molecule is C[C@H](NC(=O)CN(Cc1ccc(F)cc1)S(=O)(=O)c1ccc(Cl)cc1)c1ccc(Br)cc1. The number of carbonyl (C=O) groups excluding carboxylic acids is 1. The van der Waals surface area contributed by atoms with Gasteiger partial charge in [-0.2, -0.15) is 4.31 Å². The number of carbonyl (C=O) groups is 1. The average molecular weight is 540 g/mol. The first-order chi connectivity index (χ1) is 15.1. The van der Waals surface area contributed by atoms with Gasteiger partial charge in [0.15, 0.2) is 0 Å². The van der Waals surface area contributed by atoms with Gasteiger partial charge in [-0.15, -0.1) is 0 Å². The highest BCUT2D eigenvalue weighted by Crippen LogP contribution is 2.21. The zero-order valence-corrected chi connectivity index (χ0v) is 20.3. The van der Waals surface area contributed by atoms with Crippen LogP contribution in [0.5, 0.6) is 0 Å². The fraction of sp³-hybridized carbons (Fsp3) is 0.174. The summed E-state index contributed by atoms with van der Waals surface area (Å²) in [6.07, 6.45) is 0. The highest BCUT2D eigenvalue weighted by Gasteiger charge is 2.27. The van der Waals surface area contributed by atoms with E-state index in [4.69, 9.17) is 11.6 Å². The minimum absolute atomic E-state index is 0.0118. The van der Waals surface area contributed by atoms with E-state index in [-0.39, 0.29) is 17.5 Å². The number of nitrogens with zero attached hydrogens (tertiary/aromatic N) is 1. The van der Waals surface area contributed by atoms with E-state index in [1.165, 1.54) is 48.5 Å². The largest absolute Gasteiger partial charge is 0.348 e. The van der Waals surface area contributed by atoms with Gasteiger partial charge in [0.05, 0.1) is 17.5 Å². The summed E-state index contributed by atoms with van der Waals surface area (Å²) < 4.78 is 41.8. The molecule has 0 saturated heterocycles. The summed E-state index contributed by atoms with van der Waals surface area (Å²) in [5.41, 5.74) is 1.44. The van der Waals surface area contributed by atoms with Crippen LogP contribution in [0.4, 0.5) is 4.39 Å². The van der Waals surface area contributed by atoms with Crippen molar-refractivity contribution in [3.63, 3.8) is 0 Å². The second-order valence-corrected chi connectivity index (χ2v) is 10.5. The first-order valence-electron chi connectivity index (χ1n) is 9.70. The van der Waals surface area contributed by atoms with Gasteiger partial charge in [-0.25, -0.2) is 12.8 Å². The van der Waals surface area contributed by atoms with Crippen LogP contribution in [-0.2, 0) is 21.4 Å². The predicted molar refractivity (Wildman–Crippen MR) is 126 cm³/mol. The molecule has 0 spiro atoms. The Labute approximate surface area is 200 Å². The Morgan fingerprint density at radius 3 is 2.22 bits per heavy atom. The molecule has 32 heavy (non-hydrogen) atoms. The molecule has 168 valence electrons. The average Bonchev–Trinajstić information content (AvgIpc) is 2.75. The van der Waals surface area contributed by atoms with Crippen LogP contribution in [0, 0.1) is 5.82 Å². The van der Waals surface area contributed by atoms with Crippen LogP contribution < -0.4 is 5.32 Å². The monoisotopic (exact) mass is 538 g/mol. The number of hydrogen-bond donors (Lipinski definition) is 1. The molecule has 3 rings (SSSR count). The van der Waals surface area contributed by atoms with Crippen LogP contribution in [0.15, 0.2) is 82.2 Å². The molecule has 0 aliphatic heterocycles. The summed E-state index contributed by atoms with van der Waals surface area (Å²) in [5.74, 6) is -0.887. The number of sulfonamides is 1. The van der Waals surface area contributed by atoms with E-state index in [2.05, 4.69) is 21.2 Å². The minimum Gasteiger partial charge on any atom is -0.348 e. The minimum atomic E-state index is -4.01. The van der Waals surface area contributed by atoms with Crippen molar-refractivity contribution < 1.29 is 17.6 Å². The molecule has 0 fully saturated rings. The molecule has 3 aromatic rings. The molecule has 0 unspecified atom stereocenters. The first-order valence-corrected chi connectivity index (χ1v) is 12.3.